The van der Waals surface area contributed by atoms with Crippen LogP contribution in [0.15, 0.2) is 11.1 Å². The van der Waals surface area contributed by atoms with Gasteiger partial charge in [-0.25, -0.2) is 9.37 Å². The van der Waals surface area contributed by atoms with E-state index >= 15 is 0 Å². The van der Waals surface area contributed by atoms with E-state index in [0.717, 1.165) is 6.07 Å². The second kappa shape index (κ2) is 4.56. The van der Waals surface area contributed by atoms with Crippen LogP contribution >= 0.6 is 12.2 Å². The number of nitrogens with zero attached hydrogens (tertiary/aromatic N) is 2. The Morgan fingerprint density at radius 2 is 2.21 bits per heavy atom. The van der Waals surface area contributed by atoms with Crippen molar-refractivity contribution < 1.29 is 8.78 Å². The fourth-order valence-corrected chi connectivity index (χ4v) is 0.861. The number of rotatable bonds is 0. The molecule has 0 spiro atoms. The van der Waals surface area contributed by atoms with Gasteiger partial charge in [0.1, 0.15) is 11.4 Å². The summed E-state index contributed by atoms with van der Waals surface area (Å²) in [6, 6.07) is 3.18. The monoisotopic (exact) mass is 210 g/mol. The molecule has 0 aliphatic rings. The minimum atomic E-state index is -0.949. The standard InChI is InChI=1S/C9H4F2N2S/c1-6-4-8(10)7(9(11)13-6)2-3-12-5-14/h4H,1H3. The average molecular weight is 210 g/mol. The van der Waals surface area contributed by atoms with E-state index in [1.807, 2.05) is 5.16 Å². The maximum Gasteiger partial charge on any atom is 0.231 e. The third-order valence-corrected chi connectivity index (χ3v) is 1.43. The van der Waals surface area contributed by atoms with Gasteiger partial charge in [-0.1, -0.05) is 0 Å². The normalized spacial score (nSPS) is 8.50. The fourth-order valence-electron chi connectivity index (χ4n) is 0.815. The molecule has 1 aromatic heterocycles. The Morgan fingerprint density at radius 3 is 2.79 bits per heavy atom. The van der Waals surface area contributed by atoms with E-state index in [9.17, 15) is 8.78 Å². The SMILES string of the molecule is Cc1cc(F)c(C#CN=C=S)c(F)n1. The van der Waals surface area contributed by atoms with Gasteiger partial charge in [0, 0.05) is 5.69 Å². The molecule has 2 nitrogen and oxygen atoms in total. The van der Waals surface area contributed by atoms with Gasteiger partial charge < -0.3 is 0 Å². The first-order valence-corrected chi connectivity index (χ1v) is 3.96. The number of halogens is 2. The summed E-state index contributed by atoms with van der Waals surface area (Å²) in [5.74, 6) is 0.440. The molecule has 14 heavy (non-hydrogen) atoms. The second-order valence-electron chi connectivity index (χ2n) is 2.35. The molecule has 0 bridgehead atoms. The number of aliphatic imine (C=N–C) groups is 1. The Hall–Kier alpha value is -1.63. The molecule has 0 aliphatic carbocycles. The number of aryl methyl sites for hydroxylation is 1. The number of hydrogen-bond donors (Lipinski definition) is 0. The number of isothiocyanates is 1. The molecular formula is C9H4F2N2S. The van der Waals surface area contributed by atoms with Gasteiger partial charge in [-0.2, -0.15) is 4.39 Å². The quantitative estimate of drug-likeness (QED) is 0.283. The molecule has 0 aromatic carbocycles. The minimum Gasteiger partial charge on any atom is -0.224 e. The van der Waals surface area contributed by atoms with Crippen LogP contribution in [0.25, 0.3) is 0 Å². The highest BCUT2D eigenvalue weighted by Gasteiger charge is 2.08. The van der Waals surface area contributed by atoms with Crippen molar-refractivity contribution in [3.63, 3.8) is 0 Å². The van der Waals surface area contributed by atoms with Crippen molar-refractivity contribution in [2.75, 3.05) is 0 Å². The molecule has 5 heteroatoms. The minimum absolute atomic E-state index is 0.254. The zero-order chi connectivity index (χ0) is 10.6. The van der Waals surface area contributed by atoms with Crippen LogP contribution in [0.4, 0.5) is 8.78 Å². The fraction of sp³-hybridized carbons (Fsp3) is 0.111. The molecular weight excluding hydrogens is 206 g/mol. The van der Waals surface area contributed by atoms with Crippen molar-refractivity contribution in [1.29, 1.82) is 0 Å². The Morgan fingerprint density at radius 1 is 1.50 bits per heavy atom. The van der Waals surface area contributed by atoms with Crippen LogP contribution in [-0.4, -0.2) is 10.1 Å². The van der Waals surface area contributed by atoms with E-state index in [1.165, 1.54) is 6.92 Å². The van der Waals surface area contributed by atoms with Gasteiger partial charge in [-0.3, -0.25) is 0 Å². The summed E-state index contributed by atoms with van der Waals surface area (Å²) in [6.07, 6.45) is 0. The molecule has 1 rings (SSSR count). The number of hydrogen-bond acceptors (Lipinski definition) is 3. The second-order valence-corrected chi connectivity index (χ2v) is 2.53. The summed E-state index contributed by atoms with van der Waals surface area (Å²) < 4.78 is 26.1. The first kappa shape index (κ1) is 10.5. The Bertz CT molecular complexity index is 444. The molecule has 0 N–H and O–H groups in total. The van der Waals surface area contributed by atoms with Gasteiger partial charge in [-0.15, -0.1) is 4.99 Å². The maximum absolute atomic E-state index is 13.1. The zero-order valence-corrected chi connectivity index (χ0v) is 7.95. The highest BCUT2D eigenvalue weighted by Crippen LogP contribution is 2.10. The Balaban J connectivity index is 3.23. The van der Waals surface area contributed by atoms with Crippen molar-refractivity contribution in [2.45, 2.75) is 6.92 Å². The zero-order valence-electron chi connectivity index (χ0n) is 7.14. The van der Waals surface area contributed by atoms with Crippen LogP contribution < -0.4 is 0 Å². The molecule has 0 saturated heterocycles. The van der Waals surface area contributed by atoms with Gasteiger partial charge in [0.15, 0.2) is 0 Å². The first-order chi connectivity index (χ1) is 6.65. The van der Waals surface area contributed by atoms with E-state index < -0.39 is 17.3 Å². The summed E-state index contributed by atoms with van der Waals surface area (Å²) in [6.45, 7) is 1.48. The summed E-state index contributed by atoms with van der Waals surface area (Å²) in [5.41, 5.74) is -0.159. The molecule has 0 fully saturated rings. The van der Waals surface area contributed by atoms with Crippen LogP contribution in [0.5, 0.6) is 0 Å². The number of thiocarbonyl (C=S) groups is 1. The van der Waals surface area contributed by atoms with Crippen LogP contribution in [0.3, 0.4) is 0 Å². The molecule has 0 saturated carbocycles. The molecule has 1 heterocycles. The third-order valence-electron chi connectivity index (χ3n) is 1.34. The number of aromatic nitrogens is 1. The highest BCUT2D eigenvalue weighted by atomic mass is 32.1. The van der Waals surface area contributed by atoms with Crippen LogP contribution in [0.2, 0.25) is 0 Å². The molecule has 1 aromatic rings. The molecule has 0 atom stereocenters. The average Bonchev–Trinajstić information content (AvgIpc) is 2.09. The predicted molar refractivity (Wildman–Crippen MR) is 50.8 cm³/mol. The van der Waals surface area contributed by atoms with Crippen molar-refractivity contribution in [3.05, 3.63) is 29.1 Å². The molecule has 0 amide bonds. The van der Waals surface area contributed by atoms with Crippen molar-refractivity contribution >= 4 is 17.4 Å². The Kier molecular flexibility index (Phi) is 3.41. The lowest BCUT2D eigenvalue weighted by Gasteiger charge is -1.97. The number of pyridine rings is 1. The molecule has 0 radical (unpaired) electrons. The summed E-state index contributed by atoms with van der Waals surface area (Å²) in [4.78, 5) is 6.63. The van der Waals surface area contributed by atoms with Crippen LogP contribution in [0.1, 0.15) is 11.3 Å². The lowest BCUT2D eigenvalue weighted by Crippen LogP contribution is -1.96. The lowest BCUT2D eigenvalue weighted by atomic mass is 10.2. The van der Waals surface area contributed by atoms with Crippen molar-refractivity contribution in [3.8, 4) is 12.0 Å². The van der Waals surface area contributed by atoms with Crippen molar-refractivity contribution in [1.82, 2.24) is 4.98 Å². The van der Waals surface area contributed by atoms with Gasteiger partial charge in [-0.05, 0) is 31.1 Å². The molecule has 0 unspecified atom stereocenters. The van der Waals surface area contributed by atoms with Gasteiger partial charge in [0.25, 0.3) is 0 Å². The highest BCUT2D eigenvalue weighted by molar-refractivity contribution is 7.78. The van der Waals surface area contributed by atoms with Crippen molar-refractivity contribution in [2.24, 2.45) is 4.99 Å². The van der Waals surface area contributed by atoms with Crippen LogP contribution in [0, 0.1) is 30.7 Å². The van der Waals surface area contributed by atoms with E-state index in [0.29, 0.717) is 0 Å². The van der Waals surface area contributed by atoms with Gasteiger partial charge in [0.2, 0.25) is 5.95 Å². The van der Waals surface area contributed by atoms with E-state index in [1.54, 1.807) is 0 Å². The lowest BCUT2D eigenvalue weighted by molar-refractivity contribution is 0.542. The molecule has 70 valence electrons. The van der Waals surface area contributed by atoms with E-state index in [4.69, 9.17) is 0 Å². The van der Waals surface area contributed by atoms with Gasteiger partial charge >= 0.3 is 0 Å². The predicted octanol–water partition coefficient (Wildman–Crippen LogP) is 2.08. The van der Waals surface area contributed by atoms with E-state index in [-0.39, 0.29) is 5.69 Å². The largest absolute Gasteiger partial charge is 0.231 e. The molecule has 0 aliphatic heterocycles. The van der Waals surface area contributed by atoms with E-state index in [2.05, 4.69) is 34.2 Å². The van der Waals surface area contributed by atoms with Crippen LogP contribution in [-0.2, 0) is 0 Å². The first-order valence-electron chi connectivity index (χ1n) is 3.55. The topological polar surface area (TPSA) is 25.2 Å². The summed E-state index contributed by atoms with van der Waals surface area (Å²) >= 11 is 4.23. The summed E-state index contributed by atoms with van der Waals surface area (Å²) in [7, 11) is 0. The van der Waals surface area contributed by atoms with Gasteiger partial charge in [0.05, 0.1) is 11.2 Å². The third kappa shape index (κ3) is 2.43. The summed E-state index contributed by atoms with van der Waals surface area (Å²) in [5, 5.41) is 1.96. The smallest absolute Gasteiger partial charge is 0.224 e. The maximum atomic E-state index is 13.1. The Labute approximate surface area is 84.7 Å².